The predicted octanol–water partition coefficient (Wildman–Crippen LogP) is 4.52. The van der Waals surface area contributed by atoms with Crippen molar-refractivity contribution in [3.8, 4) is 16.9 Å². The van der Waals surface area contributed by atoms with Crippen LogP contribution < -0.4 is 10.1 Å². The van der Waals surface area contributed by atoms with Crippen molar-refractivity contribution in [1.82, 2.24) is 25.5 Å². The molecule has 0 radical (unpaired) electrons. The molecule has 2 unspecified atom stereocenters. The molecule has 180 valence electrons. The Balaban J connectivity index is 1.48. The van der Waals surface area contributed by atoms with E-state index >= 15 is 0 Å². The van der Waals surface area contributed by atoms with E-state index in [1.807, 2.05) is 68.4 Å². The van der Waals surface area contributed by atoms with E-state index in [-0.39, 0.29) is 17.7 Å². The molecular weight excluding hydrogens is 438 g/mol. The first kappa shape index (κ1) is 24.1. The summed E-state index contributed by atoms with van der Waals surface area (Å²) in [5.41, 5.74) is 4.20. The predicted molar refractivity (Wildman–Crippen MR) is 136 cm³/mol. The van der Waals surface area contributed by atoms with Crippen LogP contribution in [0.4, 0.5) is 0 Å². The summed E-state index contributed by atoms with van der Waals surface area (Å²) in [6, 6.07) is 26.2. The third kappa shape index (κ3) is 6.32. The van der Waals surface area contributed by atoms with Crippen LogP contribution in [-0.2, 0) is 18.3 Å². The third-order valence-corrected chi connectivity index (χ3v) is 5.99. The van der Waals surface area contributed by atoms with Crippen LogP contribution in [-0.4, -0.2) is 39.3 Å². The van der Waals surface area contributed by atoms with Crippen molar-refractivity contribution in [3.05, 3.63) is 95.8 Å². The van der Waals surface area contributed by atoms with Crippen LogP contribution in [0.15, 0.2) is 78.9 Å². The van der Waals surface area contributed by atoms with Gasteiger partial charge in [0.1, 0.15) is 5.75 Å². The van der Waals surface area contributed by atoms with Crippen molar-refractivity contribution in [3.63, 3.8) is 0 Å². The smallest absolute Gasteiger partial charge is 0.227 e. The summed E-state index contributed by atoms with van der Waals surface area (Å²) < 4.78 is 6.09. The Morgan fingerprint density at radius 1 is 1.00 bits per heavy atom. The van der Waals surface area contributed by atoms with Gasteiger partial charge in [0.2, 0.25) is 5.91 Å². The van der Waals surface area contributed by atoms with Crippen molar-refractivity contribution < 1.29 is 9.53 Å². The summed E-state index contributed by atoms with van der Waals surface area (Å²) in [5.74, 6) is 1.08. The first-order valence-corrected chi connectivity index (χ1v) is 11.9. The Morgan fingerprint density at radius 3 is 2.40 bits per heavy atom. The number of rotatable bonds is 10. The third-order valence-electron chi connectivity index (χ3n) is 5.99. The van der Waals surface area contributed by atoms with Crippen molar-refractivity contribution >= 4 is 5.91 Å². The highest BCUT2D eigenvalue weighted by Gasteiger charge is 2.20. The summed E-state index contributed by atoms with van der Waals surface area (Å²) in [6.07, 6.45) is 0.802. The molecule has 0 aliphatic rings. The number of ether oxygens (including phenoxy) is 1. The maximum absolute atomic E-state index is 13.0. The molecule has 1 amide bonds. The molecule has 7 nitrogen and oxygen atoms in total. The molecule has 0 aliphatic carbocycles. The van der Waals surface area contributed by atoms with Crippen LogP contribution in [0, 0.1) is 0 Å². The van der Waals surface area contributed by atoms with Crippen molar-refractivity contribution in [2.24, 2.45) is 7.05 Å². The van der Waals surface area contributed by atoms with Gasteiger partial charge >= 0.3 is 0 Å². The zero-order valence-corrected chi connectivity index (χ0v) is 20.4. The van der Waals surface area contributed by atoms with E-state index in [0.29, 0.717) is 19.0 Å². The molecule has 0 fully saturated rings. The lowest BCUT2D eigenvalue weighted by Gasteiger charge is -2.19. The van der Waals surface area contributed by atoms with Crippen molar-refractivity contribution in [2.75, 3.05) is 13.2 Å². The average molecular weight is 470 g/mol. The Hall–Kier alpha value is -4.00. The molecule has 1 aromatic heterocycles. The average Bonchev–Trinajstić information content (AvgIpc) is 3.34. The van der Waals surface area contributed by atoms with Gasteiger partial charge in [-0.2, -0.15) is 4.80 Å². The van der Waals surface area contributed by atoms with Gasteiger partial charge in [-0.05, 0) is 52.9 Å². The summed E-state index contributed by atoms with van der Waals surface area (Å²) in [5, 5.41) is 15.3. The fourth-order valence-corrected chi connectivity index (χ4v) is 3.93. The SMILES string of the molecule is CC(COc1ccc(C(C)C(=O)NCCc2ccccc2)c(-c2ccccc2)c1)c1nnn(C)n1. The summed E-state index contributed by atoms with van der Waals surface area (Å²) in [7, 11) is 1.74. The first-order chi connectivity index (χ1) is 17.0. The quantitative estimate of drug-likeness (QED) is 0.369. The molecular formula is C28H31N5O2. The Labute approximate surface area is 206 Å². The number of aryl methyl sites for hydroxylation is 1. The number of carbonyl (C=O) groups excluding carboxylic acids is 1. The summed E-state index contributed by atoms with van der Waals surface area (Å²) >= 11 is 0. The Kier molecular flexibility index (Phi) is 7.88. The number of hydrogen-bond acceptors (Lipinski definition) is 5. The van der Waals surface area contributed by atoms with Crippen LogP contribution in [0.1, 0.15) is 42.6 Å². The van der Waals surface area contributed by atoms with Gasteiger partial charge in [0, 0.05) is 6.54 Å². The Morgan fingerprint density at radius 2 is 1.71 bits per heavy atom. The number of aromatic nitrogens is 4. The van der Waals surface area contributed by atoms with Crippen molar-refractivity contribution in [1.29, 1.82) is 0 Å². The summed E-state index contributed by atoms with van der Waals surface area (Å²) in [6.45, 7) is 4.98. The van der Waals surface area contributed by atoms with Gasteiger partial charge in [0.05, 0.1) is 25.5 Å². The van der Waals surface area contributed by atoms with E-state index < -0.39 is 0 Å². The highest BCUT2D eigenvalue weighted by Crippen LogP contribution is 2.33. The first-order valence-electron chi connectivity index (χ1n) is 11.9. The second-order valence-electron chi connectivity index (χ2n) is 8.71. The molecule has 1 N–H and O–H groups in total. The number of nitrogens with zero attached hydrogens (tertiary/aromatic N) is 4. The largest absolute Gasteiger partial charge is 0.493 e. The molecule has 2 atom stereocenters. The van der Waals surface area contributed by atoms with Gasteiger partial charge in [0.15, 0.2) is 5.82 Å². The number of nitrogens with one attached hydrogen (secondary N) is 1. The van der Waals surface area contributed by atoms with Crippen molar-refractivity contribution in [2.45, 2.75) is 32.1 Å². The maximum Gasteiger partial charge on any atom is 0.227 e. The number of benzene rings is 3. The van der Waals surface area contributed by atoms with Crippen LogP contribution in [0.25, 0.3) is 11.1 Å². The molecule has 3 aromatic carbocycles. The number of amides is 1. The molecule has 0 spiro atoms. The normalized spacial score (nSPS) is 12.7. The minimum absolute atomic E-state index is 0.00197. The molecule has 35 heavy (non-hydrogen) atoms. The number of tetrazole rings is 1. The molecule has 0 bridgehead atoms. The summed E-state index contributed by atoms with van der Waals surface area (Å²) in [4.78, 5) is 14.5. The standard InChI is InChI=1S/C28H31N5O2/c1-20(27-30-32-33(3)31-27)19-35-24-14-15-25(26(18-24)23-12-8-5-9-13-23)21(2)28(34)29-17-16-22-10-6-4-7-11-22/h4-15,18,20-21H,16-17,19H2,1-3H3,(H,29,34). The topological polar surface area (TPSA) is 81.9 Å². The van der Waals surface area contributed by atoms with E-state index in [9.17, 15) is 4.79 Å². The van der Waals surface area contributed by atoms with E-state index in [2.05, 4.69) is 45.0 Å². The van der Waals surface area contributed by atoms with Gasteiger partial charge in [0.25, 0.3) is 0 Å². The van der Waals surface area contributed by atoms with Crippen LogP contribution in [0.2, 0.25) is 0 Å². The van der Waals surface area contributed by atoms with Crippen LogP contribution in [0.3, 0.4) is 0 Å². The lowest BCUT2D eigenvalue weighted by molar-refractivity contribution is -0.122. The molecule has 4 rings (SSSR count). The van der Waals surface area contributed by atoms with Gasteiger partial charge in [-0.1, -0.05) is 73.7 Å². The molecule has 4 aromatic rings. The Bertz CT molecular complexity index is 1240. The minimum Gasteiger partial charge on any atom is -0.493 e. The fourth-order valence-electron chi connectivity index (χ4n) is 3.93. The van der Waals surface area contributed by atoms with Crippen LogP contribution in [0.5, 0.6) is 5.75 Å². The van der Waals surface area contributed by atoms with E-state index in [4.69, 9.17) is 4.74 Å². The van der Waals surface area contributed by atoms with E-state index in [1.165, 1.54) is 10.4 Å². The zero-order chi connectivity index (χ0) is 24.6. The van der Waals surface area contributed by atoms with Crippen LogP contribution >= 0.6 is 0 Å². The molecule has 7 heteroatoms. The lowest BCUT2D eigenvalue weighted by atomic mass is 9.90. The highest BCUT2D eigenvalue weighted by molar-refractivity contribution is 5.86. The van der Waals surface area contributed by atoms with E-state index in [0.717, 1.165) is 28.9 Å². The van der Waals surface area contributed by atoms with E-state index in [1.54, 1.807) is 7.05 Å². The lowest BCUT2D eigenvalue weighted by Crippen LogP contribution is -2.30. The molecule has 0 saturated carbocycles. The maximum atomic E-state index is 13.0. The second-order valence-corrected chi connectivity index (χ2v) is 8.71. The van der Waals surface area contributed by atoms with Gasteiger partial charge in [-0.15, -0.1) is 10.2 Å². The molecule has 1 heterocycles. The zero-order valence-electron chi connectivity index (χ0n) is 20.4. The van der Waals surface area contributed by atoms with Gasteiger partial charge in [-0.25, -0.2) is 0 Å². The fraction of sp³-hybridized carbons (Fsp3) is 0.286. The van der Waals surface area contributed by atoms with Gasteiger partial charge in [-0.3, -0.25) is 4.79 Å². The second kappa shape index (κ2) is 11.4. The highest BCUT2D eigenvalue weighted by atomic mass is 16.5. The van der Waals surface area contributed by atoms with Gasteiger partial charge < -0.3 is 10.1 Å². The number of hydrogen-bond donors (Lipinski definition) is 1. The number of carbonyl (C=O) groups is 1. The minimum atomic E-state index is -0.308. The monoisotopic (exact) mass is 469 g/mol. The molecule has 0 aliphatic heterocycles. The molecule has 0 saturated heterocycles.